The summed E-state index contributed by atoms with van der Waals surface area (Å²) in [5.41, 5.74) is 8.10. The van der Waals surface area contributed by atoms with E-state index in [0.29, 0.717) is 11.8 Å². The van der Waals surface area contributed by atoms with Gasteiger partial charge in [-0.1, -0.05) is 0 Å². The van der Waals surface area contributed by atoms with Crippen LogP contribution >= 0.6 is 0 Å². The monoisotopic (exact) mass is 251 g/mol. The molecule has 18 heavy (non-hydrogen) atoms. The highest BCUT2D eigenvalue weighted by Gasteiger charge is 2.87. The fourth-order valence-corrected chi connectivity index (χ4v) is 6.00. The van der Waals surface area contributed by atoms with Crippen molar-refractivity contribution in [3.63, 3.8) is 0 Å². The summed E-state index contributed by atoms with van der Waals surface area (Å²) < 4.78 is 4.93. The summed E-state index contributed by atoms with van der Waals surface area (Å²) in [7, 11) is 0. The molecule has 0 aliphatic heterocycles. The molecule has 6 heteroatoms. The summed E-state index contributed by atoms with van der Waals surface area (Å²) in [6, 6.07) is 0. The lowest BCUT2D eigenvalue weighted by Crippen LogP contribution is -2.85. The summed E-state index contributed by atoms with van der Waals surface area (Å²) in [6.07, 6.45) is 4.47. The van der Waals surface area contributed by atoms with Gasteiger partial charge in [-0.15, -0.1) is 4.91 Å². The van der Waals surface area contributed by atoms with Crippen LogP contribution in [0.5, 0.6) is 0 Å². The SMILES string of the molecule is NC(NN=O)OC(=O)CC12CC3CC4C[C@H](C1)C432. The van der Waals surface area contributed by atoms with E-state index in [0.717, 1.165) is 17.8 Å². The predicted octanol–water partition coefficient (Wildman–Crippen LogP) is 0.869. The molecular weight excluding hydrogens is 234 g/mol. The van der Waals surface area contributed by atoms with Crippen LogP contribution in [0.1, 0.15) is 32.1 Å². The average molecular weight is 251 g/mol. The molecule has 4 rings (SSSR count). The van der Waals surface area contributed by atoms with E-state index in [4.69, 9.17) is 10.5 Å². The number of nitrogens with one attached hydrogen (secondary N) is 1. The Hall–Kier alpha value is -1.17. The Morgan fingerprint density at radius 2 is 2.06 bits per heavy atom. The number of carbonyl (C=O) groups excluding carboxylic acids is 1. The van der Waals surface area contributed by atoms with Gasteiger partial charge in [0.25, 0.3) is 0 Å². The Morgan fingerprint density at radius 1 is 1.39 bits per heavy atom. The average Bonchev–Trinajstić information content (AvgIpc) is 2.18. The zero-order valence-electron chi connectivity index (χ0n) is 10.1. The minimum atomic E-state index is -1.12. The molecule has 1 spiro atoms. The number of ether oxygens (including phenoxy) is 1. The van der Waals surface area contributed by atoms with Gasteiger partial charge in [-0.3, -0.25) is 10.5 Å². The number of rotatable bonds is 5. The van der Waals surface area contributed by atoms with E-state index in [1.54, 1.807) is 0 Å². The molecule has 0 heterocycles. The highest BCUT2D eigenvalue weighted by atomic mass is 16.6. The Balaban J connectivity index is 1.39. The van der Waals surface area contributed by atoms with E-state index in [1.165, 1.54) is 25.7 Å². The number of nitroso groups, excluding NO2 is 1. The number of nitrogens with zero attached hydrogens (tertiary/aromatic N) is 1. The Kier molecular flexibility index (Phi) is 1.81. The van der Waals surface area contributed by atoms with Gasteiger partial charge in [0, 0.05) is 0 Å². The molecule has 98 valence electrons. The predicted molar refractivity (Wildman–Crippen MR) is 61.4 cm³/mol. The molecule has 0 amide bonds. The van der Waals surface area contributed by atoms with Crippen molar-refractivity contribution in [2.45, 2.75) is 38.5 Å². The van der Waals surface area contributed by atoms with Gasteiger partial charge in [0.15, 0.2) is 0 Å². The van der Waals surface area contributed by atoms with Crippen molar-refractivity contribution in [2.24, 2.45) is 39.6 Å². The summed E-state index contributed by atoms with van der Waals surface area (Å²) in [4.78, 5) is 21.8. The van der Waals surface area contributed by atoms with Gasteiger partial charge < -0.3 is 4.74 Å². The lowest BCUT2D eigenvalue weighted by molar-refractivity contribution is -0.431. The molecule has 0 bridgehead atoms. The smallest absolute Gasteiger partial charge is 0.309 e. The van der Waals surface area contributed by atoms with Crippen molar-refractivity contribution < 1.29 is 9.53 Å². The van der Waals surface area contributed by atoms with Crippen LogP contribution in [-0.4, -0.2) is 12.3 Å². The lowest BCUT2D eigenvalue weighted by atomic mass is 9.13. The van der Waals surface area contributed by atoms with Crippen molar-refractivity contribution in [3.8, 4) is 0 Å². The third-order valence-electron chi connectivity index (χ3n) is 6.28. The van der Waals surface area contributed by atoms with Gasteiger partial charge in [-0.25, -0.2) is 5.43 Å². The van der Waals surface area contributed by atoms with Crippen LogP contribution in [0.4, 0.5) is 0 Å². The van der Waals surface area contributed by atoms with Gasteiger partial charge in [0.2, 0.25) is 6.35 Å². The highest BCUT2D eigenvalue weighted by Crippen LogP contribution is 2.93. The third-order valence-corrected chi connectivity index (χ3v) is 6.28. The minimum absolute atomic E-state index is 0.217. The maximum atomic E-state index is 11.8. The zero-order valence-corrected chi connectivity index (χ0v) is 10.1. The van der Waals surface area contributed by atoms with Gasteiger partial charge in [-0.05, 0) is 54.3 Å². The summed E-state index contributed by atoms with van der Waals surface area (Å²) >= 11 is 0. The number of carbonyl (C=O) groups is 1. The second-order valence-corrected chi connectivity index (χ2v) is 6.49. The minimum Gasteiger partial charge on any atom is -0.427 e. The molecule has 0 aromatic heterocycles. The van der Waals surface area contributed by atoms with Crippen molar-refractivity contribution in [2.75, 3.05) is 0 Å². The van der Waals surface area contributed by atoms with Crippen molar-refractivity contribution in [3.05, 3.63) is 4.91 Å². The van der Waals surface area contributed by atoms with E-state index in [-0.39, 0.29) is 11.4 Å². The molecule has 0 radical (unpaired) electrons. The van der Waals surface area contributed by atoms with E-state index in [2.05, 4.69) is 5.29 Å². The second kappa shape index (κ2) is 3.04. The molecule has 6 atom stereocenters. The normalized spacial score (nSPS) is 51.1. The first-order valence-corrected chi connectivity index (χ1v) is 6.65. The largest absolute Gasteiger partial charge is 0.427 e. The van der Waals surface area contributed by atoms with Crippen LogP contribution in [0, 0.1) is 33.5 Å². The van der Waals surface area contributed by atoms with E-state index < -0.39 is 6.35 Å². The summed E-state index contributed by atoms with van der Waals surface area (Å²) in [5.74, 6) is 2.34. The first-order chi connectivity index (χ1) is 8.62. The number of hydrogen-bond donors (Lipinski definition) is 2. The number of hydrogen-bond acceptors (Lipinski definition) is 5. The fraction of sp³-hybridized carbons (Fsp3) is 0.917. The van der Waals surface area contributed by atoms with Crippen LogP contribution in [0.3, 0.4) is 0 Å². The van der Waals surface area contributed by atoms with Crippen LogP contribution < -0.4 is 11.2 Å². The van der Waals surface area contributed by atoms with Crippen LogP contribution in [0.15, 0.2) is 5.29 Å². The molecular formula is C12H17N3O3. The molecule has 0 saturated heterocycles. The second-order valence-electron chi connectivity index (χ2n) is 6.49. The molecule has 0 aromatic carbocycles. The molecule has 4 aliphatic rings. The van der Waals surface area contributed by atoms with Crippen LogP contribution in [0.25, 0.3) is 0 Å². The van der Waals surface area contributed by atoms with Crippen LogP contribution in [0.2, 0.25) is 0 Å². The van der Waals surface area contributed by atoms with Gasteiger partial charge in [0.1, 0.15) is 0 Å². The van der Waals surface area contributed by atoms with Gasteiger partial charge in [0.05, 0.1) is 11.7 Å². The zero-order chi connectivity index (χ0) is 12.5. The molecule has 4 aliphatic carbocycles. The van der Waals surface area contributed by atoms with E-state index >= 15 is 0 Å². The maximum absolute atomic E-state index is 11.8. The molecule has 6 nitrogen and oxygen atoms in total. The Morgan fingerprint density at radius 3 is 2.56 bits per heavy atom. The quantitative estimate of drug-likeness (QED) is 0.327. The number of esters is 1. The van der Waals surface area contributed by atoms with Crippen molar-refractivity contribution in [1.82, 2.24) is 5.43 Å². The molecule has 4 fully saturated rings. The topological polar surface area (TPSA) is 93.8 Å². The summed E-state index contributed by atoms with van der Waals surface area (Å²) in [6.45, 7) is 0. The number of nitrogens with two attached hydrogens (primary N) is 1. The van der Waals surface area contributed by atoms with Crippen molar-refractivity contribution >= 4 is 5.97 Å². The Labute approximate surface area is 105 Å². The summed E-state index contributed by atoms with van der Waals surface area (Å²) in [5, 5.41) is 2.40. The highest BCUT2D eigenvalue weighted by molar-refractivity contribution is 5.72. The molecule has 0 aromatic rings. The maximum Gasteiger partial charge on any atom is 0.309 e. The molecule has 3 N–H and O–H groups in total. The first-order valence-electron chi connectivity index (χ1n) is 6.65. The van der Waals surface area contributed by atoms with Gasteiger partial charge >= 0.3 is 5.97 Å². The van der Waals surface area contributed by atoms with Crippen molar-refractivity contribution in [1.29, 1.82) is 0 Å². The fourth-order valence-electron chi connectivity index (χ4n) is 6.00. The van der Waals surface area contributed by atoms with Gasteiger partial charge in [-0.2, -0.15) is 0 Å². The lowest BCUT2D eigenvalue weighted by Gasteiger charge is -2.91. The van der Waals surface area contributed by atoms with Crippen LogP contribution in [-0.2, 0) is 9.53 Å². The van der Waals surface area contributed by atoms with E-state index in [9.17, 15) is 9.70 Å². The standard InChI is InChI=1S/C12H17N3O3/c13-10(14-15-17)18-9(16)5-11-3-7-1-6-2-8(4-11)12(6,7)11/h6-8,10H,1-5,13H2,(H,14,17)/t6?,7-,8?,10?,11?,12?/m1/s1. The molecule has 5 unspecified atom stereocenters. The first kappa shape index (κ1) is 10.7. The Bertz CT molecular complexity index is 413. The van der Waals surface area contributed by atoms with E-state index in [1.807, 2.05) is 5.43 Å². The third kappa shape index (κ3) is 0.910. The molecule has 4 saturated carbocycles.